The molecule has 0 aromatic heterocycles. The Morgan fingerprint density at radius 1 is 0.947 bits per heavy atom. The van der Waals surface area contributed by atoms with E-state index in [4.69, 9.17) is 0 Å². The maximum atomic E-state index is 3.54. The minimum atomic E-state index is 0.453. The zero-order chi connectivity index (χ0) is 13.7. The monoisotopic (exact) mass is 253 g/mol. The summed E-state index contributed by atoms with van der Waals surface area (Å²) in [6.07, 6.45) is 1.12. The van der Waals surface area contributed by atoms with Gasteiger partial charge >= 0.3 is 0 Å². The van der Waals surface area contributed by atoms with Gasteiger partial charge in [0.2, 0.25) is 0 Å². The van der Waals surface area contributed by atoms with E-state index in [9.17, 15) is 0 Å². The maximum Gasteiger partial charge on any atom is 0.0317 e. The molecule has 2 aromatic carbocycles. The molecular weight excluding hydrogens is 230 g/mol. The van der Waals surface area contributed by atoms with E-state index in [0.717, 1.165) is 13.0 Å². The fourth-order valence-corrected chi connectivity index (χ4v) is 2.50. The molecule has 1 nitrogen and oxygen atoms in total. The molecule has 0 bridgehead atoms. The molecule has 0 radical (unpaired) electrons. The highest BCUT2D eigenvalue weighted by Gasteiger charge is 2.08. The van der Waals surface area contributed by atoms with Gasteiger partial charge in [-0.15, -0.1) is 0 Å². The summed E-state index contributed by atoms with van der Waals surface area (Å²) < 4.78 is 0. The van der Waals surface area contributed by atoms with Crippen LogP contribution < -0.4 is 5.32 Å². The molecule has 0 aliphatic heterocycles. The summed E-state index contributed by atoms with van der Waals surface area (Å²) in [5, 5.41) is 3.54. The third-order valence-electron chi connectivity index (χ3n) is 3.50. The van der Waals surface area contributed by atoms with Crippen LogP contribution in [0.25, 0.3) is 11.1 Å². The van der Waals surface area contributed by atoms with Crippen molar-refractivity contribution in [1.82, 2.24) is 5.32 Å². The van der Waals surface area contributed by atoms with Crippen LogP contribution in [0.2, 0.25) is 0 Å². The number of aryl methyl sites for hydroxylation is 1. The van der Waals surface area contributed by atoms with Gasteiger partial charge in [0.25, 0.3) is 0 Å². The first kappa shape index (κ1) is 13.8. The molecule has 19 heavy (non-hydrogen) atoms. The van der Waals surface area contributed by atoms with Crippen LogP contribution in [0.15, 0.2) is 48.5 Å². The fraction of sp³-hybridized carbons (Fsp3) is 0.333. The molecule has 0 aliphatic carbocycles. The molecule has 0 amide bonds. The quantitative estimate of drug-likeness (QED) is 0.812. The first-order valence-corrected chi connectivity index (χ1v) is 7.15. The standard InChI is InChI=1S/C18H23N/c1-4-18(19-5-2)17-11-7-10-16(13-17)15-9-6-8-14(3)12-15/h6-13,18-19H,4-5H2,1-3H3. The Labute approximate surface area is 116 Å². The van der Waals surface area contributed by atoms with Gasteiger partial charge in [-0.25, -0.2) is 0 Å². The van der Waals surface area contributed by atoms with Crippen LogP contribution >= 0.6 is 0 Å². The highest BCUT2D eigenvalue weighted by molar-refractivity contribution is 5.65. The topological polar surface area (TPSA) is 12.0 Å². The summed E-state index contributed by atoms with van der Waals surface area (Å²) in [5.41, 5.74) is 5.29. The van der Waals surface area contributed by atoms with Crippen LogP contribution in [0, 0.1) is 6.92 Å². The molecule has 1 heteroatoms. The average molecular weight is 253 g/mol. The Bertz CT molecular complexity index is 531. The van der Waals surface area contributed by atoms with Crippen LogP contribution in [-0.4, -0.2) is 6.54 Å². The molecule has 0 spiro atoms. The van der Waals surface area contributed by atoms with Crippen LogP contribution in [-0.2, 0) is 0 Å². The van der Waals surface area contributed by atoms with E-state index in [-0.39, 0.29) is 0 Å². The minimum Gasteiger partial charge on any atom is -0.310 e. The Morgan fingerprint density at radius 2 is 1.63 bits per heavy atom. The molecule has 1 N–H and O–H groups in total. The number of nitrogens with one attached hydrogen (secondary N) is 1. The molecule has 2 aromatic rings. The van der Waals surface area contributed by atoms with Gasteiger partial charge in [0.05, 0.1) is 0 Å². The van der Waals surface area contributed by atoms with Crippen LogP contribution in [0.5, 0.6) is 0 Å². The van der Waals surface area contributed by atoms with Crippen molar-refractivity contribution < 1.29 is 0 Å². The molecule has 100 valence electrons. The van der Waals surface area contributed by atoms with E-state index in [0.29, 0.717) is 6.04 Å². The van der Waals surface area contributed by atoms with Crippen LogP contribution in [0.3, 0.4) is 0 Å². The SMILES string of the molecule is CCNC(CC)c1cccc(-c2cccc(C)c2)c1. The second-order valence-electron chi connectivity index (χ2n) is 5.01. The van der Waals surface area contributed by atoms with E-state index < -0.39 is 0 Å². The highest BCUT2D eigenvalue weighted by atomic mass is 14.9. The smallest absolute Gasteiger partial charge is 0.0317 e. The average Bonchev–Trinajstić information content (AvgIpc) is 2.45. The zero-order valence-electron chi connectivity index (χ0n) is 12.1. The highest BCUT2D eigenvalue weighted by Crippen LogP contribution is 2.25. The van der Waals surface area contributed by atoms with E-state index in [1.807, 2.05) is 0 Å². The van der Waals surface area contributed by atoms with Gasteiger partial charge in [0.1, 0.15) is 0 Å². The zero-order valence-corrected chi connectivity index (χ0v) is 12.1. The van der Waals surface area contributed by atoms with Gasteiger partial charge in [-0.1, -0.05) is 61.9 Å². The third kappa shape index (κ3) is 3.45. The van der Waals surface area contributed by atoms with Gasteiger partial charge in [-0.3, -0.25) is 0 Å². The van der Waals surface area contributed by atoms with Crippen molar-refractivity contribution in [2.24, 2.45) is 0 Å². The van der Waals surface area contributed by atoms with E-state index in [1.165, 1.54) is 22.3 Å². The number of benzene rings is 2. The third-order valence-corrected chi connectivity index (χ3v) is 3.50. The molecule has 0 aliphatic rings. The summed E-state index contributed by atoms with van der Waals surface area (Å²) in [7, 11) is 0. The lowest BCUT2D eigenvalue weighted by Crippen LogP contribution is -2.19. The first-order chi connectivity index (χ1) is 9.24. The lowest BCUT2D eigenvalue weighted by molar-refractivity contribution is 0.537. The Hall–Kier alpha value is -1.60. The lowest BCUT2D eigenvalue weighted by atomic mass is 9.97. The second kappa shape index (κ2) is 6.53. The van der Waals surface area contributed by atoms with Gasteiger partial charge in [0, 0.05) is 6.04 Å². The van der Waals surface area contributed by atoms with E-state index >= 15 is 0 Å². The Kier molecular flexibility index (Phi) is 4.75. The summed E-state index contributed by atoms with van der Waals surface area (Å²) in [6, 6.07) is 18.0. The molecule has 2 rings (SSSR count). The Balaban J connectivity index is 2.33. The molecule has 0 saturated heterocycles. The fourth-order valence-electron chi connectivity index (χ4n) is 2.50. The van der Waals surface area contributed by atoms with Crippen LogP contribution in [0.4, 0.5) is 0 Å². The molecule has 0 heterocycles. The molecule has 1 unspecified atom stereocenters. The molecule has 0 fully saturated rings. The van der Waals surface area contributed by atoms with Crippen molar-refractivity contribution in [3.05, 3.63) is 59.7 Å². The van der Waals surface area contributed by atoms with Gasteiger partial charge in [-0.2, -0.15) is 0 Å². The molecular formula is C18H23N. The number of rotatable bonds is 5. The van der Waals surface area contributed by atoms with Crippen molar-refractivity contribution in [2.75, 3.05) is 6.54 Å². The number of hydrogen-bond donors (Lipinski definition) is 1. The van der Waals surface area contributed by atoms with E-state index in [2.05, 4.69) is 74.6 Å². The summed E-state index contributed by atoms with van der Waals surface area (Å²) in [4.78, 5) is 0. The summed E-state index contributed by atoms with van der Waals surface area (Å²) in [6.45, 7) is 7.54. The minimum absolute atomic E-state index is 0.453. The van der Waals surface area contributed by atoms with Crippen molar-refractivity contribution in [3.63, 3.8) is 0 Å². The van der Waals surface area contributed by atoms with E-state index in [1.54, 1.807) is 0 Å². The van der Waals surface area contributed by atoms with Gasteiger partial charge in [-0.05, 0) is 42.6 Å². The first-order valence-electron chi connectivity index (χ1n) is 7.15. The van der Waals surface area contributed by atoms with Crippen molar-refractivity contribution in [2.45, 2.75) is 33.2 Å². The van der Waals surface area contributed by atoms with Crippen molar-refractivity contribution >= 4 is 0 Å². The predicted octanol–water partition coefficient (Wildman–Crippen LogP) is 4.72. The predicted molar refractivity (Wildman–Crippen MR) is 83.3 cm³/mol. The summed E-state index contributed by atoms with van der Waals surface area (Å²) >= 11 is 0. The lowest BCUT2D eigenvalue weighted by Gasteiger charge is -2.17. The summed E-state index contributed by atoms with van der Waals surface area (Å²) in [5.74, 6) is 0. The largest absolute Gasteiger partial charge is 0.310 e. The molecule has 1 atom stereocenters. The number of hydrogen-bond acceptors (Lipinski definition) is 1. The van der Waals surface area contributed by atoms with Crippen molar-refractivity contribution in [1.29, 1.82) is 0 Å². The van der Waals surface area contributed by atoms with Gasteiger partial charge in [0.15, 0.2) is 0 Å². The second-order valence-corrected chi connectivity index (χ2v) is 5.01. The van der Waals surface area contributed by atoms with Crippen LogP contribution in [0.1, 0.15) is 37.4 Å². The molecule has 0 saturated carbocycles. The van der Waals surface area contributed by atoms with Gasteiger partial charge < -0.3 is 5.32 Å². The van der Waals surface area contributed by atoms with Crippen molar-refractivity contribution in [3.8, 4) is 11.1 Å². The Morgan fingerprint density at radius 3 is 2.26 bits per heavy atom. The normalized spacial score (nSPS) is 12.4. The maximum absolute atomic E-state index is 3.54.